The molecule has 2 aromatic rings. The lowest BCUT2D eigenvalue weighted by Gasteiger charge is -2.37. The van der Waals surface area contributed by atoms with Crippen molar-refractivity contribution < 1.29 is 14.3 Å². The molecule has 0 aliphatic heterocycles. The summed E-state index contributed by atoms with van der Waals surface area (Å²) < 4.78 is 5.27. The van der Waals surface area contributed by atoms with E-state index in [0.717, 1.165) is 36.1 Å². The van der Waals surface area contributed by atoms with Gasteiger partial charge in [-0.3, -0.25) is 4.79 Å². The number of carbonyl (C=O) groups is 2. The van der Waals surface area contributed by atoms with Crippen LogP contribution < -0.4 is 5.32 Å². The first-order valence-electron chi connectivity index (χ1n) is 9.59. The van der Waals surface area contributed by atoms with Gasteiger partial charge < -0.3 is 10.1 Å². The zero-order valence-electron chi connectivity index (χ0n) is 16.3. The molecular formula is C23H25NO3S. The summed E-state index contributed by atoms with van der Waals surface area (Å²) in [7, 11) is 0. The maximum atomic E-state index is 12.6. The summed E-state index contributed by atoms with van der Waals surface area (Å²) in [6.07, 6.45) is 9.67. The third kappa shape index (κ3) is 3.98. The van der Waals surface area contributed by atoms with Gasteiger partial charge in [0, 0.05) is 23.6 Å². The van der Waals surface area contributed by atoms with Crippen molar-refractivity contribution in [2.24, 2.45) is 0 Å². The number of amides is 1. The first-order valence-corrected chi connectivity index (χ1v) is 10.4. The number of benzene rings is 1. The summed E-state index contributed by atoms with van der Waals surface area (Å²) in [5.74, 6) is 2.23. The molecule has 1 aromatic heterocycles. The van der Waals surface area contributed by atoms with E-state index >= 15 is 0 Å². The van der Waals surface area contributed by atoms with Crippen molar-refractivity contribution in [1.29, 1.82) is 0 Å². The normalized spacial score (nSPS) is 18.0. The Morgan fingerprint density at radius 2 is 2.07 bits per heavy atom. The van der Waals surface area contributed by atoms with Gasteiger partial charge in [-0.05, 0) is 43.7 Å². The molecule has 28 heavy (non-hydrogen) atoms. The Balaban J connectivity index is 2.04. The van der Waals surface area contributed by atoms with Gasteiger partial charge in [0.25, 0.3) is 0 Å². The topological polar surface area (TPSA) is 55.4 Å². The Kier molecular flexibility index (Phi) is 6.21. The second kappa shape index (κ2) is 8.62. The van der Waals surface area contributed by atoms with Crippen molar-refractivity contribution in [3.8, 4) is 12.3 Å². The van der Waals surface area contributed by atoms with Gasteiger partial charge in [0.1, 0.15) is 5.00 Å². The fourth-order valence-corrected chi connectivity index (χ4v) is 5.48. The number of ether oxygens (including phenoxy) is 1. The molecule has 0 saturated carbocycles. The number of hydrogen-bond acceptors (Lipinski definition) is 4. The maximum absolute atomic E-state index is 12.6. The predicted octanol–water partition coefficient (Wildman–Crippen LogP) is 4.72. The van der Waals surface area contributed by atoms with Crippen molar-refractivity contribution in [3.63, 3.8) is 0 Å². The van der Waals surface area contributed by atoms with Crippen LogP contribution in [0.1, 0.15) is 59.5 Å². The van der Waals surface area contributed by atoms with Crippen LogP contribution in [0.15, 0.2) is 30.3 Å². The van der Waals surface area contributed by atoms with Gasteiger partial charge in [-0.2, -0.15) is 0 Å². The molecule has 0 radical (unpaired) electrons. The van der Waals surface area contributed by atoms with Crippen LogP contribution in [0.3, 0.4) is 0 Å². The number of carbonyl (C=O) groups excluding carboxylic acids is 2. The van der Waals surface area contributed by atoms with E-state index in [1.54, 1.807) is 6.92 Å². The van der Waals surface area contributed by atoms with E-state index in [1.165, 1.54) is 23.8 Å². The average molecular weight is 396 g/mol. The number of rotatable bonds is 6. The summed E-state index contributed by atoms with van der Waals surface area (Å²) in [6.45, 7) is 3.54. The van der Waals surface area contributed by atoms with Crippen molar-refractivity contribution in [3.05, 3.63) is 51.9 Å². The van der Waals surface area contributed by atoms with E-state index in [1.807, 2.05) is 6.07 Å². The number of hydrogen-bond donors (Lipinski definition) is 1. The molecule has 1 aliphatic carbocycles. The number of nitrogens with one attached hydrogen (secondary N) is 1. The number of fused-ring (bicyclic) bond motifs is 1. The van der Waals surface area contributed by atoms with E-state index in [4.69, 9.17) is 11.2 Å². The molecule has 5 heteroatoms. The second-order valence-corrected chi connectivity index (χ2v) is 8.24. The molecule has 1 unspecified atom stereocenters. The van der Waals surface area contributed by atoms with Gasteiger partial charge in [-0.25, -0.2) is 4.79 Å². The molecule has 1 aromatic carbocycles. The van der Waals surface area contributed by atoms with E-state index in [9.17, 15) is 9.59 Å². The third-order valence-electron chi connectivity index (χ3n) is 5.35. The van der Waals surface area contributed by atoms with Crippen LogP contribution in [0.2, 0.25) is 0 Å². The van der Waals surface area contributed by atoms with Gasteiger partial charge in [0.2, 0.25) is 5.91 Å². The van der Waals surface area contributed by atoms with Crippen LogP contribution >= 0.6 is 11.3 Å². The highest BCUT2D eigenvalue weighted by atomic mass is 32.1. The largest absolute Gasteiger partial charge is 0.462 e. The van der Waals surface area contributed by atoms with Gasteiger partial charge in [-0.15, -0.1) is 23.7 Å². The Morgan fingerprint density at radius 1 is 1.32 bits per heavy atom. The zero-order chi connectivity index (χ0) is 20.1. The molecule has 3 rings (SSSR count). The third-order valence-corrected chi connectivity index (χ3v) is 6.49. The van der Waals surface area contributed by atoms with E-state index in [2.05, 4.69) is 35.5 Å². The quantitative estimate of drug-likeness (QED) is 0.569. The van der Waals surface area contributed by atoms with Gasteiger partial charge in [0.05, 0.1) is 12.2 Å². The fourth-order valence-electron chi connectivity index (χ4n) is 4.05. The van der Waals surface area contributed by atoms with Gasteiger partial charge in [0.15, 0.2) is 0 Å². The highest BCUT2D eigenvalue weighted by Crippen LogP contribution is 2.47. The van der Waals surface area contributed by atoms with Crippen molar-refractivity contribution in [2.45, 2.75) is 51.4 Å². The first-order chi connectivity index (χ1) is 13.5. The molecule has 0 bridgehead atoms. The highest BCUT2D eigenvalue weighted by Gasteiger charge is 2.39. The Bertz CT molecular complexity index is 910. The molecule has 1 N–H and O–H groups in total. The summed E-state index contributed by atoms with van der Waals surface area (Å²) >= 11 is 1.49. The van der Waals surface area contributed by atoms with Crippen LogP contribution in [0.5, 0.6) is 0 Å². The van der Waals surface area contributed by atoms with Crippen molar-refractivity contribution in [2.75, 3.05) is 11.9 Å². The molecule has 0 spiro atoms. The second-order valence-electron chi connectivity index (χ2n) is 7.14. The smallest absolute Gasteiger partial charge is 0.341 e. The SMILES string of the molecule is C#CCCC1(c2ccccc2)CCc2c(sc(NC(C)=O)c2C(=O)OCC)C1. The van der Waals surface area contributed by atoms with Crippen LogP contribution in [-0.2, 0) is 27.8 Å². The van der Waals surface area contributed by atoms with Crippen LogP contribution in [0.25, 0.3) is 0 Å². The summed E-state index contributed by atoms with van der Waals surface area (Å²) in [6, 6.07) is 10.5. The lowest BCUT2D eigenvalue weighted by Crippen LogP contribution is -2.33. The Morgan fingerprint density at radius 3 is 2.71 bits per heavy atom. The molecular weight excluding hydrogens is 370 g/mol. The molecule has 0 fully saturated rings. The van der Waals surface area contributed by atoms with Gasteiger partial charge >= 0.3 is 5.97 Å². The maximum Gasteiger partial charge on any atom is 0.341 e. The number of thiophene rings is 1. The fraction of sp³-hybridized carbons (Fsp3) is 0.391. The average Bonchev–Trinajstić information content (AvgIpc) is 3.03. The van der Waals surface area contributed by atoms with Crippen LogP contribution in [-0.4, -0.2) is 18.5 Å². The summed E-state index contributed by atoms with van der Waals surface area (Å²) in [4.78, 5) is 25.4. The van der Waals surface area contributed by atoms with Crippen molar-refractivity contribution in [1.82, 2.24) is 0 Å². The molecule has 0 saturated heterocycles. The summed E-state index contributed by atoms with van der Waals surface area (Å²) in [5.41, 5.74) is 2.77. The minimum Gasteiger partial charge on any atom is -0.462 e. The number of terminal acetylenes is 1. The molecule has 1 atom stereocenters. The molecule has 1 aliphatic rings. The van der Waals surface area contributed by atoms with E-state index in [-0.39, 0.29) is 17.3 Å². The van der Waals surface area contributed by atoms with Gasteiger partial charge in [-0.1, -0.05) is 30.3 Å². The minimum atomic E-state index is -0.361. The lowest BCUT2D eigenvalue weighted by atomic mass is 9.67. The summed E-state index contributed by atoms with van der Waals surface area (Å²) in [5, 5.41) is 3.42. The molecule has 1 amide bonds. The van der Waals surface area contributed by atoms with Crippen LogP contribution in [0, 0.1) is 12.3 Å². The molecule has 4 nitrogen and oxygen atoms in total. The van der Waals surface area contributed by atoms with Crippen molar-refractivity contribution >= 4 is 28.2 Å². The molecule has 1 heterocycles. The monoisotopic (exact) mass is 395 g/mol. The zero-order valence-corrected chi connectivity index (χ0v) is 17.2. The Labute approximate surface area is 170 Å². The first kappa shape index (κ1) is 20.2. The standard InChI is InChI=1S/C23H25NO3S/c1-4-6-13-23(17-10-8-7-9-11-17)14-12-18-19(15-23)28-21(24-16(3)25)20(18)22(26)27-5-2/h1,7-11H,5-6,12-15H2,2-3H3,(H,24,25). The highest BCUT2D eigenvalue weighted by molar-refractivity contribution is 7.17. The van der Waals surface area contributed by atoms with Crippen LogP contribution in [0.4, 0.5) is 5.00 Å². The number of esters is 1. The lowest BCUT2D eigenvalue weighted by molar-refractivity contribution is -0.114. The predicted molar refractivity (Wildman–Crippen MR) is 113 cm³/mol. The van der Waals surface area contributed by atoms with E-state index in [0.29, 0.717) is 23.6 Å². The molecule has 146 valence electrons. The number of anilines is 1. The minimum absolute atomic E-state index is 0.0507. The Hall–Kier alpha value is -2.58. The van der Waals surface area contributed by atoms with E-state index < -0.39 is 0 Å².